The van der Waals surface area contributed by atoms with Crippen molar-refractivity contribution in [1.29, 1.82) is 0 Å². The van der Waals surface area contributed by atoms with Crippen LogP contribution in [-0.4, -0.2) is 0 Å². The summed E-state index contributed by atoms with van der Waals surface area (Å²) in [5.41, 5.74) is 5.36. The number of fused-ring (bicyclic) bond motifs is 2. The van der Waals surface area contributed by atoms with E-state index in [0.717, 1.165) is 0 Å². The second-order valence-electron chi connectivity index (χ2n) is 5.21. The maximum Gasteiger partial charge on any atom is 0.0584 e. The van der Waals surface area contributed by atoms with Crippen molar-refractivity contribution in [3.8, 4) is 0 Å². The van der Waals surface area contributed by atoms with Gasteiger partial charge in [0, 0.05) is 9.79 Å². The topological polar surface area (TPSA) is 0 Å². The monoisotopic (exact) mass is 418 g/mol. The van der Waals surface area contributed by atoms with Crippen LogP contribution >= 0.6 is 43.6 Å². The van der Waals surface area contributed by atoms with Crippen molar-refractivity contribution in [2.75, 3.05) is 0 Å². The number of hydrogen-bond donors (Lipinski definition) is 0. The molecule has 2 aromatic carbocycles. The third-order valence-electron chi connectivity index (χ3n) is 3.84. The molecule has 2 unspecified atom stereocenters. The molecule has 0 amide bonds. The second kappa shape index (κ2) is 5.45. The lowest BCUT2D eigenvalue weighted by Crippen LogP contribution is -1.86. The minimum absolute atomic E-state index is 0.368. The SMILES string of the molecule is BrC1C=Cc2cc(Sc3ccc4c(c3)C=CC4Br)ccc21. The quantitative estimate of drug-likeness (QED) is 0.484. The summed E-state index contributed by atoms with van der Waals surface area (Å²) in [4.78, 5) is 3.31. The molecule has 2 atom stereocenters. The summed E-state index contributed by atoms with van der Waals surface area (Å²) in [7, 11) is 0. The molecule has 21 heavy (non-hydrogen) atoms. The Morgan fingerprint density at radius 1 is 0.714 bits per heavy atom. The highest BCUT2D eigenvalue weighted by molar-refractivity contribution is 9.09. The number of allylic oxidation sites excluding steroid dienone is 2. The van der Waals surface area contributed by atoms with Crippen molar-refractivity contribution in [3.05, 3.63) is 70.8 Å². The third-order valence-corrected chi connectivity index (χ3v) is 6.41. The Morgan fingerprint density at radius 3 is 1.67 bits per heavy atom. The van der Waals surface area contributed by atoms with Gasteiger partial charge in [0.15, 0.2) is 0 Å². The Kier molecular flexibility index (Phi) is 3.60. The van der Waals surface area contributed by atoms with Crippen LogP contribution in [0.5, 0.6) is 0 Å². The van der Waals surface area contributed by atoms with Crippen LogP contribution in [0.2, 0.25) is 0 Å². The second-order valence-corrected chi connectivity index (χ2v) is 8.33. The van der Waals surface area contributed by atoms with E-state index in [4.69, 9.17) is 0 Å². The summed E-state index contributed by atoms with van der Waals surface area (Å²) in [6, 6.07) is 13.4. The van der Waals surface area contributed by atoms with Gasteiger partial charge in [0.1, 0.15) is 0 Å². The van der Waals surface area contributed by atoms with Crippen molar-refractivity contribution in [1.82, 2.24) is 0 Å². The van der Waals surface area contributed by atoms with E-state index in [-0.39, 0.29) is 0 Å². The lowest BCUT2D eigenvalue weighted by molar-refractivity contribution is 1.25. The lowest BCUT2D eigenvalue weighted by atomic mass is 10.1. The predicted octanol–water partition coefficient (Wildman–Crippen LogP) is 6.76. The van der Waals surface area contributed by atoms with Crippen LogP contribution in [0.1, 0.15) is 31.9 Å². The fraction of sp³-hybridized carbons (Fsp3) is 0.111. The van der Waals surface area contributed by atoms with E-state index in [1.165, 1.54) is 32.0 Å². The smallest absolute Gasteiger partial charge is 0.0584 e. The highest BCUT2D eigenvalue weighted by Gasteiger charge is 2.16. The molecule has 0 spiro atoms. The zero-order valence-electron chi connectivity index (χ0n) is 11.1. The molecule has 0 saturated heterocycles. The summed E-state index contributed by atoms with van der Waals surface area (Å²) in [6.45, 7) is 0. The summed E-state index contributed by atoms with van der Waals surface area (Å²) in [6.07, 6.45) is 8.77. The van der Waals surface area contributed by atoms with Gasteiger partial charge in [-0.25, -0.2) is 0 Å². The van der Waals surface area contributed by atoms with Gasteiger partial charge in [0.25, 0.3) is 0 Å². The summed E-state index contributed by atoms with van der Waals surface area (Å²) < 4.78 is 0. The maximum atomic E-state index is 3.66. The van der Waals surface area contributed by atoms with Crippen molar-refractivity contribution >= 4 is 55.8 Å². The average Bonchev–Trinajstić information content (AvgIpc) is 3.03. The fourth-order valence-electron chi connectivity index (χ4n) is 2.74. The van der Waals surface area contributed by atoms with Crippen molar-refractivity contribution in [2.45, 2.75) is 19.4 Å². The van der Waals surface area contributed by atoms with E-state index >= 15 is 0 Å². The van der Waals surface area contributed by atoms with Crippen LogP contribution in [0, 0.1) is 0 Å². The normalized spacial score (nSPS) is 21.6. The van der Waals surface area contributed by atoms with Gasteiger partial charge in [-0.05, 0) is 46.5 Å². The van der Waals surface area contributed by atoms with Gasteiger partial charge in [0.2, 0.25) is 0 Å². The molecule has 104 valence electrons. The molecular formula is C18H12Br2S. The number of alkyl halides is 2. The molecule has 0 aliphatic heterocycles. The zero-order valence-corrected chi connectivity index (χ0v) is 15.1. The summed E-state index contributed by atoms with van der Waals surface area (Å²) >= 11 is 9.15. The van der Waals surface area contributed by atoms with Crippen LogP contribution in [-0.2, 0) is 0 Å². The van der Waals surface area contributed by atoms with Crippen LogP contribution in [0.3, 0.4) is 0 Å². The number of benzene rings is 2. The number of hydrogen-bond acceptors (Lipinski definition) is 1. The largest absolute Gasteiger partial charge is 0.0901 e. The van der Waals surface area contributed by atoms with Gasteiger partial charge in [0.05, 0.1) is 9.65 Å². The molecule has 0 aromatic heterocycles. The molecule has 0 fully saturated rings. The third kappa shape index (κ3) is 2.56. The highest BCUT2D eigenvalue weighted by Crippen LogP contribution is 2.40. The van der Waals surface area contributed by atoms with Crippen molar-refractivity contribution < 1.29 is 0 Å². The Bertz CT molecular complexity index is 711. The Morgan fingerprint density at radius 2 is 1.19 bits per heavy atom. The standard InChI is InChI=1S/C18H12Br2S/c19-17-7-1-11-9-13(3-5-15(11)17)21-14-4-6-16-12(10-14)2-8-18(16)20/h1-10,17-18H. The predicted molar refractivity (Wildman–Crippen MR) is 98.4 cm³/mol. The molecular weight excluding hydrogens is 408 g/mol. The molecule has 0 heterocycles. The molecule has 2 aliphatic carbocycles. The van der Waals surface area contributed by atoms with Gasteiger partial charge in [-0.15, -0.1) is 0 Å². The Labute approximate surface area is 145 Å². The fourth-order valence-corrected chi connectivity index (χ4v) is 4.80. The Balaban J connectivity index is 1.62. The molecule has 0 bridgehead atoms. The first-order valence-corrected chi connectivity index (χ1v) is 9.46. The first-order chi connectivity index (χ1) is 10.2. The molecule has 0 nitrogen and oxygen atoms in total. The van der Waals surface area contributed by atoms with Crippen LogP contribution in [0.25, 0.3) is 12.2 Å². The first kappa shape index (κ1) is 13.9. The molecule has 3 heteroatoms. The van der Waals surface area contributed by atoms with Crippen molar-refractivity contribution in [2.24, 2.45) is 0 Å². The van der Waals surface area contributed by atoms with Crippen molar-refractivity contribution in [3.63, 3.8) is 0 Å². The van der Waals surface area contributed by atoms with Gasteiger partial charge < -0.3 is 0 Å². The van der Waals surface area contributed by atoms with Crippen LogP contribution in [0.4, 0.5) is 0 Å². The molecule has 4 rings (SSSR count). The Hall–Kier alpha value is -0.770. The minimum atomic E-state index is 0.368. The summed E-state index contributed by atoms with van der Waals surface area (Å²) in [5, 5.41) is 0. The van der Waals surface area contributed by atoms with E-state index in [9.17, 15) is 0 Å². The van der Waals surface area contributed by atoms with Crippen LogP contribution in [0.15, 0.2) is 58.3 Å². The zero-order chi connectivity index (χ0) is 14.4. The molecule has 0 radical (unpaired) electrons. The van der Waals surface area contributed by atoms with E-state index in [1.54, 1.807) is 0 Å². The molecule has 2 aliphatic rings. The van der Waals surface area contributed by atoms with Crippen LogP contribution < -0.4 is 0 Å². The van der Waals surface area contributed by atoms with E-state index < -0.39 is 0 Å². The number of rotatable bonds is 2. The molecule has 0 saturated carbocycles. The van der Waals surface area contributed by atoms with Gasteiger partial charge >= 0.3 is 0 Å². The lowest BCUT2D eigenvalue weighted by Gasteiger charge is -2.08. The first-order valence-electron chi connectivity index (χ1n) is 6.81. The van der Waals surface area contributed by atoms with E-state index in [1.807, 2.05) is 11.8 Å². The molecule has 0 N–H and O–H groups in total. The van der Waals surface area contributed by atoms with Gasteiger partial charge in [-0.1, -0.05) is 80.1 Å². The minimum Gasteiger partial charge on any atom is -0.0901 e. The maximum absolute atomic E-state index is 3.66. The number of halogens is 2. The molecule has 2 aromatic rings. The van der Waals surface area contributed by atoms with E-state index in [0.29, 0.717) is 9.65 Å². The highest BCUT2D eigenvalue weighted by atomic mass is 79.9. The van der Waals surface area contributed by atoms with E-state index in [2.05, 4.69) is 92.6 Å². The summed E-state index contributed by atoms with van der Waals surface area (Å²) in [5.74, 6) is 0. The van der Waals surface area contributed by atoms with Gasteiger partial charge in [-0.3, -0.25) is 0 Å². The van der Waals surface area contributed by atoms with Gasteiger partial charge in [-0.2, -0.15) is 0 Å². The average molecular weight is 420 g/mol.